The van der Waals surface area contributed by atoms with Crippen molar-refractivity contribution in [3.63, 3.8) is 0 Å². The lowest BCUT2D eigenvalue weighted by molar-refractivity contribution is 0.237. The van der Waals surface area contributed by atoms with E-state index in [-0.39, 0.29) is 12.1 Å². The van der Waals surface area contributed by atoms with Gasteiger partial charge in [-0.2, -0.15) is 0 Å². The number of carbonyl (C=O) groups is 1. The van der Waals surface area contributed by atoms with Crippen molar-refractivity contribution in [2.24, 2.45) is 0 Å². The van der Waals surface area contributed by atoms with E-state index in [1.165, 1.54) is 0 Å². The van der Waals surface area contributed by atoms with Gasteiger partial charge >= 0.3 is 6.03 Å². The standard InChI is InChI=1S/C18H18N4O/c1-13(15-8-3-9-19-11-15)22-18(23)21-12-16-6-2-5-14-7-4-10-20-17(14)16/h2-11,13H,12H2,1H3,(H2,21,22,23). The predicted molar refractivity (Wildman–Crippen MR) is 89.8 cm³/mol. The van der Waals surface area contributed by atoms with Crippen LogP contribution in [-0.2, 0) is 6.54 Å². The monoisotopic (exact) mass is 306 g/mol. The molecule has 2 aromatic heterocycles. The first-order valence-corrected chi connectivity index (χ1v) is 7.51. The third-order valence-corrected chi connectivity index (χ3v) is 3.69. The molecule has 1 atom stereocenters. The first-order valence-electron chi connectivity index (χ1n) is 7.51. The van der Waals surface area contributed by atoms with Crippen LogP contribution < -0.4 is 10.6 Å². The van der Waals surface area contributed by atoms with Crippen LogP contribution in [0.2, 0.25) is 0 Å². The maximum atomic E-state index is 12.1. The number of fused-ring (bicyclic) bond motifs is 1. The Labute approximate surface area is 134 Å². The van der Waals surface area contributed by atoms with Crippen LogP contribution in [0.3, 0.4) is 0 Å². The zero-order valence-corrected chi connectivity index (χ0v) is 12.9. The summed E-state index contributed by atoms with van der Waals surface area (Å²) in [6.45, 7) is 2.36. The van der Waals surface area contributed by atoms with Crippen molar-refractivity contribution >= 4 is 16.9 Å². The van der Waals surface area contributed by atoms with Gasteiger partial charge in [-0.3, -0.25) is 9.97 Å². The molecule has 0 radical (unpaired) electrons. The molecule has 0 aliphatic rings. The van der Waals surface area contributed by atoms with Gasteiger partial charge in [-0.15, -0.1) is 0 Å². The van der Waals surface area contributed by atoms with Crippen LogP contribution in [0.5, 0.6) is 0 Å². The molecule has 2 N–H and O–H groups in total. The average molecular weight is 306 g/mol. The number of hydrogen-bond donors (Lipinski definition) is 2. The van der Waals surface area contributed by atoms with Gasteiger partial charge in [-0.25, -0.2) is 4.79 Å². The van der Waals surface area contributed by atoms with Gasteiger partial charge in [-0.1, -0.05) is 30.3 Å². The Hall–Kier alpha value is -2.95. The molecule has 3 rings (SSSR count). The maximum Gasteiger partial charge on any atom is 0.315 e. The quantitative estimate of drug-likeness (QED) is 0.778. The molecule has 1 aromatic carbocycles. The van der Waals surface area contributed by atoms with E-state index in [4.69, 9.17) is 0 Å². The molecule has 0 saturated heterocycles. The fourth-order valence-electron chi connectivity index (χ4n) is 2.45. The number of nitrogens with zero attached hydrogens (tertiary/aromatic N) is 2. The predicted octanol–water partition coefficient (Wildman–Crippen LogP) is 3.19. The van der Waals surface area contributed by atoms with E-state index in [0.717, 1.165) is 22.0 Å². The summed E-state index contributed by atoms with van der Waals surface area (Å²) in [5.41, 5.74) is 2.87. The van der Waals surface area contributed by atoms with Crippen LogP contribution >= 0.6 is 0 Å². The van der Waals surface area contributed by atoms with Crippen LogP contribution in [0.15, 0.2) is 61.1 Å². The van der Waals surface area contributed by atoms with Gasteiger partial charge in [0.15, 0.2) is 0 Å². The van der Waals surface area contributed by atoms with Crippen LogP contribution in [0.4, 0.5) is 4.79 Å². The Morgan fingerprint density at radius 2 is 1.96 bits per heavy atom. The molecule has 2 amide bonds. The van der Waals surface area contributed by atoms with Crippen LogP contribution in [0.1, 0.15) is 24.1 Å². The number of carbonyl (C=O) groups excluding carboxylic acids is 1. The number of nitrogens with one attached hydrogen (secondary N) is 2. The minimum absolute atomic E-state index is 0.102. The molecular weight excluding hydrogens is 288 g/mol. The molecule has 23 heavy (non-hydrogen) atoms. The highest BCUT2D eigenvalue weighted by molar-refractivity contribution is 5.82. The van der Waals surface area contributed by atoms with E-state index in [0.29, 0.717) is 6.54 Å². The van der Waals surface area contributed by atoms with Crippen LogP contribution in [0, 0.1) is 0 Å². The molecule has 0 aliphatic carbocycles. The summed E-state index contributed by atoms with van der Waals surface area (Å²) in [5, 5.41) is 6.85. The number of amides is 2. The van der Waals surface area contributed by atoms with Crippen molar-refractivity contribution in [1.82, 2.24) is 20.6 Å². The lowest BCUT2D eigenvalue weighted by atomic mass is 10.1. The first-order chi connectivity index (χ1) is 11.2. The summed E-state index contributed by atoms with van der Waals surface area (Å²) in [4.78, 5) is 20.5. The summed E-state index contributed by atoms with van der Waals surface area (Å²) >= 11 is 0. The van der Waals surface area contributed by atoms with Crippen molar-refractivity contribution in [2.45, 2.75) is 19.5 Å². The van der Waals surface area contributed by atoms with Crippen molar-refractivity contribution in [3.05, 3.63) is 72.2 Å². The number of rotatable bonds is 4. The maximum absolute atomic E-state index is 12.1. The second kappa shape index (κ2) is 6.87. The summed E-state index contributed by atoms with van der Waals surface area (Å²) in [6.07, 6.45) is 5.22. The number of aromatic nitrogens is 2. The number of urea groups is 1. The van der Waals surface area contributed by atoms with Gasteiger partial charge in [0, 0.05) is 30.5 Å². The molecule has 5 nitrogen and oxygen atoms in total. The molecule has 2 heterocycles. The van der Waals surface area contributed by atoms with Gasteiger partial charge in [0.25, 0.3) is 0 Å². The highest BCUT2D eigenvalue weighted by Crippen LogP contribution is 2.15. The third-order valence-electron chi connectivity index (χ3n) is 3.69. The minimum atomic E-state index is -0.214. The summed E-state index contributed by atoms with van der Waals surface area (Å²) in [7, 11) is 0. The van der Waals surface area contributed by atoms with E-state index >= 15 is 0 Å². The largest absolute Gasteiger partial charge is 0.334 e. The Morgan fingerprint density at radius 1 is 1.13 bits per heavy atom. The van der Waals surface area contributed by atoms with Gasteiger partial charge in [0.05, 0.1) is 11.6 Å². The van der Waals surface area contributed by atoms with Crippen molar-refractivity contribution in [1.29, 1.82) is 0 Å². The van der Waals surface area contributed by atoms with Crippen molar-refractivity contribution < 1.29 is 4.79 Å². The molecule has 0 bridgehead atoms. The van der Waals surface area contributed by atoms with Crippen molar-refractivity contribution in [3.8, 4) is 0 Å². The van der Waals surface area contributed by atoms with Crippen molar-refractivity contribution in [2.75, 3.05) is 0 Å². The Morgan fingerprint density at radius 3 is 2.78 bits per heavy atom. The zero-order valence-electron chi connectivity index (χ0n) is 12.9. The van der Waals surface area contributed by atoms with E-state index in [1.54, 1.807) is 18.6 Å². The average Bonchev–Trinajstić information content (AvgIpc) is 2.60. The van der Waals surface area contributed by atoms with Crippen LogP contribution in [-0.4, -0.2) is 16.0 Å². The fourth-order valence-corrected chi connectivity index (χ4v) is 2.45. The molecule has 0 aliphatic heterocycles. The minimum Gasteiger partial charge on any atom is -0.334 e. The number of pyridine rings is 2. The second-order valence-corrected chi connectivity index (χ2v) is 5.33. The van der Waals surface area contributed by atoms with E-state index in [9.17, 15) is 4.79 Å². The number of hydrogen-bond acceptors (Lipinski definition) is 3. The van der Waals surface area contributed by atoms with Gasteiger partial charge in [-0.05, 0) is 30.2 Å². The highest BCUT2D eigenvalue weighted by Gasteiger charge is 2.09. The summed E-state index contributed by atoms with van der Waals surface area (Å²) < 4.78 is 0. The number of para-hydroxylation sites is 1. The molecular formula is C18H18N4O. The van der Waals surface area contributed by atoms with Gasteiger partial charge < -0.3 is 10.6 Å². The molecule has 0 spiro atoms. The van der Waals surface area contributed by atoms with E-state index in [2.05, 4.69) is 20.6 Å². The molecule has 0 fully saturated rings. The zero-order chi connectivity index (χ0) is 16.1. The molecule has 0 saturated carbocycles. The third kappa shape index (κ3) is 3.63. The summed E-state index contributed by atoms with van der Waals surface area (Å²) in [6, 6.07) is 13.3. The fraction of sp³-hybridized carbons (Fsp3) is 0.167. The second-order valence-electron chi connectivity index (χ2n) is 5.33. The Bertz CT molecular complexity index is 799. The molecule has 1 unspecified atom stereocenters. The normalized spacial score (nSPS) is 11.9. The highest BCUT2D eigenvalue weighted by atomic mass is 16.2. The molecule has 3 aromatic rings. The lowest BCUT2D eigenvalue weighted by Gasteiger charge is -2.15. The molecule has 116 valence electrons. The lowest BCUT2D eigenvalue weighted by Crippen LogP contribution is -2.36. The SMILES string of the molecule is CC(NC(=O)NCc1cccc2cccnc12)c1cccnc1. The van der Waals surface area contributed by atoms with Gasteiger partial charge in [0.2, 0.25) is 0 Å². The summed E-state index contributed by atoms with van der Waals surface area (Å²) in [5.74, 6) is 0. The topological polar surface area (TPSA) is 66.9 Å². The molecule has 5 heteroatoms. The van der Waals surface area contributed by atoms with Gasteiger partial charge in [0.1, 0.15) is 0 Å². The Balaban J connectivity index is 1.62. The van der Waals surface area contributed by atoms with Crippen LogP contribution in [0.25, 0.3) is 10.9 Å². The van der Waals surface area contributed by atoms with E-state index in [1.807, 2.05) is 49.4 Å². The van der Waals surface area contributed by atoms with E-state index < -0.39 is 0 Å². The Kier molecular flexibility index (Phi) is 4.47. The number of benzene rings is 1. The first kappa shape index (κ1) is 15.0. The smallest absolute Gasteiger partial charge is 0.315 e.